The number of ether oxygens (including phenoxy) is 1. The molecule has 1 aromatic carbocycles. The van der Waals surface area contributed by atoms with Gasteiger partial charge in [0.1, 0.15) is 5.75 Å². The third-order valence-electron chi connectivity index (χ3n) is 2.63. The summed E-state index contributed by atoms with van der Waals surface area (Å²) < 4.78 is 5.04. The van der Waals surface area contributed by atoms with Crippen molar-refractivity contribution in [2.75, 3.05) is 7.11 Å². The molecule has 3 heteroatoms. The van der Waals surface area contributed by atoms with E-state index < -0.39 is 0 Å². The normalized spacial score (nSPS) is 10.2. The van der Waals surface area contributed by atoms with Gasteiger partial charge >= 0.3 is 0 Å². The molecule has 1 N–H and O–H groups in total. The first kappa shape index (κ1) is 11.5. The SMILES string of the molecule is COc1ccc(O)c(CCc2ccccc2)n1. The van der Waals surface area contributed by atoms with Gasteiger partial charge in [-0.1, -0.05) is 30.3 Å². The fourth-order valence-corrected chi connectivity index (χ4v) is 1.68. The maximum atomic E-state index is 9.69. The van der Waals surface area contributed by atoms with Crippen LogP contribution < -0.4 is 4.74 Å². The largest absolute Gasteiger partial charge is 0.506 e. The Labute approximate surface area is 101 Å². The third-order valence-corrected chi connectivity index (χ3v) is 2.63. The highest BCUT2D eigenvalue weighted by Crippen LogP contribution is 2.20. The van der Waals surface area contributed by atoms with E-state index in [9.17, 15) is 5.11 Å². The molecule has 1 aromatic heterocycles. The Hall–Kier alpha value is -2.03. The predicted octanol–water partition coefficient (Wildman–Crippen LogP) is 2.58. The van der Waals surface area contributed by atoms with Crippen LogP contribution in [0.3, 0.4) is 0 Å². The molecular weight excluding hydrogens is 214 g/mol. The number of benzene rings is 1. The minimum atomic E-state index is 0.224. The number of rotatable bonds is 4. The van der Waals surface area contributed by atoms with Gasteiger partial charge in [-0.3, -0.25) is 0 Å². The molecular formula is C14H15NO2. The topological polar surface area (TPSA) is 42.4 Å². The maximum Gasteiger partial charge on any atom is 0.213 e. The lowest BCUT2D eigenvalue weighted by atomic mass is 10.1. The Morgan fingerprint density at radius 2 is 1.82 bits per heavy atom. The summed E-state index contributed by atoms with van der Waals surface area (Å²) in [5.74, 6) is 0.757. The molecule has 0 saturated carbocycles. The minimum absolute atomic E-state index is 0.224. The number of pyridine rings is 1. The second-order valence-corrected chi connectivity index (χ2v) is 3.81. The Morgan fingerprint density at radius 3 is 2.53 bits per heavy atom. The second-order valence-electron chi connectivity index (χ2n) is 3.81. The van der Waals surface area contributed by atoms with E-state index in [0.29, 0.717) is 18.0 Å². The summed E-state index contributed by atoms with van der Waals surface area (Å²) in [6, 6.07) is 13.4. The zero-order valence-corrected chi connectivity index (χ0v) is 9.76. The van der Waals surface area contributed by atoms with Gasteiger partial charge in [0.25, 0.3) is 0 Å². The number of aromatic nitrogens is 1. The number of hydrogen-bond acceptors (Lipinski definition) is 3. The van der Waals surface area contributed by atoms with Gasteiger partial charge in [0, 0.05) is 6.07 Å². The van der Waals surface area contributed by atoms with Gasteiger partial charge in [-0.05, 0) is 24.5 Å². The number of aryl methyl sites for hydroxylation is 2. The smallest absolute Gasteiger partial charge is 0.213 e. The van der Waals surface area contributed by atoms with Gasteiger partial charge in [-0.25, -0.2) is 4.98 Å². The number of methoxy groups -OCH3 is 1. The molecule has 0 spiro atoms. The highest BCUT2D eigenvalue weighted by molar-refractivity contribution is 5.31. The van der Waals surface area contributed by atoms with E-state index in [1.807, 2.05) is 18.2 Å². The molecule has 1 heterocycles. The summed E-state index contributed by atoms with van der Waals surface area (Å²) in [4.78, 5) is 4.23. The van der Waals surface area contributed by atoms with E-state index in [0.717, 1.165) is 6.42 Å². The molecule has 17 heavy (non-hydrogen) atoms. The van der Waals surface area contributed by atoms with Crippen LogP contribution in [0.1, 0.15) is 11.3 Å². The van der Waals surface area contributed by atoms with Crippen LogP contribution in [-0.2, 0) is 12.8 Å². The lowest BCUT2D eigenvalue weighted by molar-refractivity contribution is 0.390. The molecule has 0 fully saturated rings. The fourth-order valence-electron chi connectivity index (χ4n) is 1.68. The minimum Gasteiger partial charge on any atom is -0.506 e. The first-order chi connectivity index (χ1) is 8.29. The van der Waals surface area contributed by atoms with Gasteiger partial charge in [0.2, 0.25) is 5.88 Å². The second kappa shape index (κ2) is 5.34. The monoisotopic (exact) mass is 229 g/mol. The number of nitrogens with zero attached hydrogens (tertiary/aromatic N) is 1. The first-order valence-corrected chi connectivity index (χ1v) is 5.56. The van der Waals surface area contributed by atoms with Crippen molar-refractivity contribution >= 4 is 0 Å². The molecule has 0 unspecified atom stereocenters. The lowest BCUT2D eigenvalue weighted by Gasteiger charge is -2.06. The van der Waals surface area contributed by atoms with Gasteiger partial charge < -0.3 is 9.84 Å². The maximum absolute atomic E-state index is 9.69. The van der Waals surface area contributed by atoms with E-state index in [2.05, 4.69) is 17.1 Å². The summed E-state index contributed by atoms with van der Waals surface area (Å²) in [5.41, 5.74) is 1.91. The van der Waals surface area contributed by atoms with Crippen LogP contribution in [0.5, 0.6) is 11.6 Å². The summed E-state index contributed by atoms with van der Waals surface area (Å²) >= 11 is 0. The van der Waals surface area contributed by atoms with E-state index in [1.54, 1.807) is 19.2 Å². The molecule has 3 nitrogen and oxygen atoms in total. The van der Waals surface area contributed by atoms with Crippen LogP contribution in [0.4, 0.5) is 0 Å². The summed E-state index contributed by atoms with van der Waals surface area (Å²) in [6.07, 6.45) is 1.56. The molecule has 2 rings (SSSR count). The molecule has 0 amide bonds. The van der Waals surface area contributed by atoms with Crippen molar-refractivity contribution in [3.8, 4) is 11.6 Å². The number of hydrogen-bond donors (Lipinski definition) is 1. The van der Waals surface area contributed by atoms with Gasteiger partial charge in [0.15, 0.2) is 0 Å². The van der Waals surface area contributed by atoms with Gasteiger partial charge in [-0.2, -0.15) is 0 Å². The van der Waals surface area contributed by atoms with Crippen molar-refractivity contribution in [3.05, 3.63) is 53.7 Å². The average molecular weight is 229 g/mol. The number of aromatic hydroxyl groups is 1. The molecule has 0 aliphatic carbocycles. The van der Waals surface area contributed by atoms with E-state index in [4.69, 9.17) is 4.74 Å². The molecule has 0 radical (unpaired) electrons. The van der Waals surface area contributed by atoms with Gasteiger partial charge in [-0.15, -0.1) is 0 Å². The van der Waals surface area contributed by atoms with E-state index in [1.165, 1.54) is 5.56 Å². The predicted molar refractivity (Wildman–Crippen MR) is 66.3 cm³/mol. The Bertz CT molecular complexity index is 483. The zero-order chi connectivity index (χ0) is 12.1. The van der Waals surface area contributed by atoms with Crippen molar-refractivity contribution in [2.24, 2.45) is 0 Å². The van der Waals surface area contributed by atoms with Crippen molar-refractivity contribution < 1.29 is 9.84 Å². The lowest BCUT2D eigenvalue weighted by Crippen LogP contribution is -1.97. The molecule has 88 valence electrons. The Kier molecular flexibility index (Phi) is 3.60. The quantitative estimate of drug-likeness (QED) is 0.876. The van der Waals surface area contributed by atoms with E-state index in [-0.39, 0.29) is 5.75 Å². The van der Waals surface area contributed by atoms with Crippen LogP contribution >= 0.6 is 0 Å². The van der Waals surface area contributed by atoms with E-state index >= 15 is 0 Å². The van der Waals surface area contributed by atoms with Crippen LogP contribution in [0, 0.1) is 0 Å². The van der Waals surface area contributed by atoms with Crippen LogP contribution in [0.25, 0.3) is 0 Å². The Balaban J connectivity index is 2.08. The summed E-state index contributed by atoms with van der Waals surface area (Å²) in [7, 11) is 1.57. The highest BCUT2D eigenvalue weighted by Gasteiger charge is 2.05. The van der Waals surface area contributed by atoms with Crippen LogP contribution in [-0.4, -0.2) is 17.2 Å². The highest BCUT2D eigenvalue weighted by atomic mass is 16.5. The standard InChI is InChI=1S/C14H15NO2/c1-17-14-10-9-13(16)12(15-14)8-7-11-5-3-2-4-6-11/h2-6,9-10,16H,7-8H2,1H3. The summed E-state index contributed by atoms with van der Waals surface area (Å²) in [5, 5.41) is 9.69. The zero-order valence-electron chi connectivity index (χ0n) is 9.76. The van der Waals surface area contributed by atoms with Crippen LogP contribution in [0.15, 0.2) is 42.5 Å². The van der Waals surface area contributed by atoms with Crippen molar-refractivity contribution in [2.45, 2.75) is 12.8 Å². The van der Waals surface area contributed by atoms with Crippen LogP contribution in [0.2, 0.25) is 0 Å². The van der Waals surface area contributed by atoms with Crippen molar-refractivity contribution in [1.82, 2.24) is 4.98 Å². The first-order valence-electron chi connectivity index (χ1n) is 5.56. The molecule has 0 saturated heterocycles. The molecule has 0 aliphatic heterocycles. The fraction of sp³-hybridized carbons (Fsp3) is 0.214. The molecule has 2 aromatic rings. The summed E-state index contributed by atoms with van der Waals surface area (Å²) in [6.45, 7) is 0. The molecule has 0 atom stereocenters. The molecule has 0 bridgehead atoms. The average Bonchev–Trinajstić information content (AvgIpc) is 2.39. The van der Waals surface area contributed by atoms with Crippen molar-refractivity contribution in [3.63, 3.8) is 0 Å². The van der Waals surface area contributed by atoms with Gasteiger partial charge in [0.05, 0.1) is 12.8 Å². The third kappa shape index (κ3) is 2.97. The molecule has 0 aliphatic rings. The Morgan fingerprint density at radius 1 is 1.06 bits per heavy atom. The van der Waals surface area contributed by atoms with Crippen molar-refractivity contribution in [1.29, 1.82) is 0 Å².